The second-order valence-corrected chi connectivity index (χ2v) is 10.5. The van der Waals surface area contributed by atoms with Crippen LogP contribution < -0.4 is 4.90 Å². The molecular formula is C36H25BrN2. The highest BCUT2D eigenvalue weighted by atomic mass is 79.9. The van der Waals surface area contributed by atoms with E-state index in [2.05, 4.69) is 177 Å². The van der Waals surface area contributed by atoms with Gasteiger partial charge in [0, 0.05) is 38.0 Å². The quantitative estimate of drug-likeness (QED) is 0.202. The van der Waals surface area contributed by atoms with Gasteiger partial charge in [-0.3, -0.25) is 0 Å². The normalized spacial score (nSPS) is 11.2. The predicted molar refractivity (Wildman–Crippen MR) is 169 cm³/mol. The molecule has 7 rings (SSSR count). The Bertz CT molecular complexity index is 1890. The maximum atomic E-state index is 3.61. The lowest BCUT2D eigenvalue weighted by atomic mass is 10.0. The summed E-state index contributed by atoms with van der Waals surface area (Å²) in [5.41, 5.74) is 9.29. The van der Waals surface area contributed by atoms with E-state index in [4.69, 9.17) is 0 Å². The minimum Gasteiger partial charge on any atom is -0.310 e. The van der Waals surface area contributed by atoms with E-state index in [0.717, 1.165) is 27.2 Å². The van der Waals surface area contributed by atoms with Crippen LogP contribution >= 0.6 is 15.9 Å². The molecule has 0 amide bonds. The van der Waals surface area contributed by atoms with E-state index in [1.165, 1.54) is 32.9 Å². The first-order valence-electron chi connectivity index (χ1n) is 13.1. The molecule has 3 heteroatoms. The van der Waals surface area contributed by atoms with Gasteiger partial charge in [-0.25, -0.2) is 0 Å². The summed E-state index contributed by atoms with van der Waals surface area (Å²) in [6.45, 7) is 0. The number of anilines is 3. The van der Waals surface area contributed by atoms with Crippen molar-refractivity contribution < 1.29 is 0 Å². The molecule has 0 aliphatic rings. The lowest BCUT2D eigenvalue weighted by Gasteiger charge is -2.26. The van der Waals surface area contributed by atoms with Crippen molar-refractivity contribution in [3.8, 4) is 16.8 Å². The summed E-state index contributed by atoms with van der Waals surface area (Å²) >= 11 is 3.61. The Labute approximate surface area is 236 Å². The molecule has 0 N–H and O–H groups in total. The third kappa shape index (κ3) is 4.31. The highest BCUT2D eigenvalue weighted by Gasteiger charge is 2.17. The van der Waals surface area contributed by atoms with Crippen molar-refractivity contribution in [3.63, 3.8) is 0 Å². The Hall–Kier alpha value is -4.60. The van der Waals surface area contributed by atoms with Crippen LogP contribution in [0.1, 0.15) is 0 Å². The molecule has 39 heavy (non-hydrogen) atoms. The van der Waals surface area contributed by atoms with Gasteiger partial charge in [-0.2, -0.15) is 0 Å². The number of hydrogen-bond donors (Lipinski definition) is 0. The molecule has 0 spiro atoms. The molecule has 1 heterocycles. The van der Waals surface area contributed by atoms with Crippen LogP contribution in [0.15, 0.2) is 156 Å². The maximum Gasteiger partial charge on any atom is 0.0561 e. The van der Waals surface area contributed by atoms with E-state index in [1.807, 2.05) is 0 Å². The van der Waals surface area contributed by atoms with Gasteiger partial charge in [0.15, 0.2) is 0 Å². The molecule has 0 bridgehead atoms. The average Bonchev–Trinajstić information content (AvgIpc) is 3.33. The lowest BCUT2D eigenvalue weighted by molar-refractivity contribution is 1.18. The van der Waals surface area contributed by atoms with E-state index in [0.29, 0.717) is 0 Å². The standard InChI is InChI=1S/C36H25BrN2/c37-28-17-21-31(22-18-28)38(30-19-15-27(16-20-30)26-9-3-1-4-10-26)32-23-24-34-33-13-7-8-14-35(33)39(36(34)25-32)29-11-5-2-6-12-29/h1-25H. The zero-order valence-electron chi connectivity index (χ0n) is 21.2. The third-order valence-electron chi connectivity index (χ3n) is 7.25. The molecule has 186 valence electrons. The van der Waals surface area contributed by atoms with Crippen LogP contribution in [-0.4, -0.2) is 4.57 Å². The van der Waals surface area contributed by atoms with Gasteiger partial charge in [-0.05, 0) is 77.9 Å². The molecule has 0 aliphatic heterocycles. The lowest BCUT2D eigenvalue weighted by Crippen LogP contribution is -2.10. The zero-order chi connectivity index (χ0) is 26.2. The Kier molecular flexibility index (Phi) is 5.99. The number of rotatable bonds is 5. The third-order valence-corrected chi connectivity index (χ3v) is 7.78. The van der Waals surface area contributed by atoms with Crippen LogP contribution in [0.4, 0.5) is 17.1 Å². The van der Waals surface area contributed by atoms with Crippen molar-refractivity contribution in [3.05, 3.63) is 156 Å². The Morgan fingerprint density at radius 2 is 0.974 bits per heavy atom. The summed E-state index contributed by atoms with van der Waals surface area (Å²) in [5.74, 6) is 0. The van der Waals surface area contributed by atoms with Gasteiger partial charge in [0.1, 0.15) is 0 Å². The number of benzene rings is 6. The molecule has 2 nitrogen and oxygen atoms in total. The fourth-order valence-corrected chi connectivity index (χ4v) is 5.69. The smallest absolute Gasteiger partial charge is 0.0561 e. The second kappa shape index (κ2) is 9.94. The van der Waals surface area contributed by atoms with Gasteiger partial charge in [0.05, 0.1) is 11.0 Å². The van der Waals surface area contributed by atoms with Crippen molar-refractivity contribution in [1.82, 2.24) is 4.57 Å². The first-order valence-corrected chi connectivity index (χ1v) is 13.9. The summed E-state index contributed by atoms with van der Waals surface area (Å²) in [5, 5.41) is 2.50. The summed E-state index contributed by atoms with van der Waals surface area (Å²) in [4.78, 5) is 2.33. The first-order chi connectivity index (χ1) is 19.3. The molecule has 0 radical (unpaired) electrons. The monoisotopic (exact) mass is 564 g/mol. The van der Waals surface area contributed by atoms with Crippen molar-refractivity contribution in [2.75, 3.05) is 4.90 Å². The van der Waals surface area contributed by atoms with Gasteiger partial charge in [-0.1, -0.05) is 101 Å². The van der Waals surface area contributed by atoms with Gasteiger partial charge in [-0.15, -0.1) is 0 Å². The maximum absolute atomic E-state index is 3.61. The minimum absolute atomic E-state index is 1.06. The van der Waals surface area contributed by atoms with Gasteiger partial charge in [0.2, 0.25) is 0 Å². The Morgan fingerprint density at radius 1 is 0.436 bits per heavy atom. The minimum atomic E-state index is 1.06. The number of para-hydroxylation sites is 2. The van der Waals surface area contributed by atoms with Crippen LogP contribution in [0.2, 0.25) is 0 Å². The average molecular weight is 566 g/mol. The van der Waals surface area contributed by atoms with Gasteiger partial charge in [0.25, 0.3) is 0 Å². The van der Waals surface area contributed by atoms with E-state index in [9.17, 15) is 0 Å². The van der Waals surface area contributed by atoms with Crippen LogP contribution in [0.5, 0.6) is 0 Å². The molecule has 0 fully saturated rings. The Morgan fingerprint density at radius 3 is 1.69 bits per heavy atom. The largest absolute Gasteiger partial charge is 0.310 e. The molecule has 0 unspecified atom stereocenters. The molecule has 0 saturated heterocycles. The second-order valence-electron chi connectivity index (χ2n) is 9.61. The number of nitrogens with zero attached hydrogens (tertiary/aromatic N) is 2. The number of fused-ring (bicyclic) bond motifs is 3. The molecule has 0 atom stereocenters. The van der Waals surface area contributed by atoms with Crippen LogP contribution in [0, 0.1) is 0 Å². The molecular weight excluding hydrogens is 540 g/mol. The van der Waals surface area contributed by atoms with Crippen molar-refractivity contribution in [1.29, 1.82) is 0 Å². The first kappa shape index (κ1) is 23.5. The molecule has 0 aliphatic carbocycles. The summed E-state index contributed by atoms with van der Waals surface area (Å²) in [7, 11) is 0. The van der Waals surface area contributed by atoms with E-state index in [1.54, 1.807) is 0 Å². The predicted octanol–water partition coefficient (Wildman–Crippen LogP) is 10.7. The number of aromatic nitrogens is 1. The zero-order valence-corrected chi connectivity index (χ0v) is 22.8. The topological polar surface area (TPSA) is 8.17 Å². The summed E-state index contributed by atoms with van der Waals surface area (Å²) < 4.78 is 3.43. The van der Waals surface area contributed by atoms with Crippen LogP contribution in [0.3, 0.4) is 0 Å². The molecule has 0 saturated carbocycles. The van der Waals surface area contributed by atoms with E-state index < -0.39 is 0 Å². The SMILES string of the molecule is Brc1ccc(N(c2ccc(-c3ccccc3)cc2)c2ccc3c4ccccc4n(-c4ccccc4)c3c2)cc1. The molecule has 6 aromatic carbocycles. The highest BCUT2D eigenvalue weighted by Crippen LogP contribution is 2.40. The molecule has 1 aromatic heterocycles. The summed E-state index contributed by atoms with van der Waals surface area (Å²) in [6.07, 6.45) is 0. The number of hydrogen-bond acceptors (Lipinski definition) is 1. The van der Waals surface area contributed by atoms with Gasteiger partial charge >= 0.3 is 0 Å². The van der Waals surface area contributed by atoms with Crippen molar-refractivity contribution >= 4 is 54.8 Å². The van der Waals surface area contributed by atoms with Gasteiger partial charge < -0.3 is 9.47 Å². The fraction of sp³-hybridized carbons (Fsp3) is 0. The van der Waals surface area contributed by atoms with Crippen LogP contribution in [-0.2, 0) is 0 Å². The summed E-state index contributed by atoms with van der Waals surface area (Å²) in [6, 6.07) is 53.9. The van der Waals surface area contributed by atoms with Crippen LogP contribution in [0.25, 0.3) is 38.6 Å². The van der Waals surface area contributed by atoms with Crippen molar-refractivity contribution in [2.24, 2.45) is 0 Å². The molecule has 7 aromatic rings. The van der Waals surface area contributed by atoms with E-state index >= 15 is 0 Å². The number of halogens is 1. The Balaban J connectivity index is 1.43. The van der Waals surface area contributed by atoms with Crippen molar-refractivity contribution in [2.45, 2.75) is 0 Å². The fourth-order valence-electron chi connectivity index (χ4n) is 5.42. The van der Waals surface area contributed by atoms with E-state index in [-0.39, 0.29) is 0 Å². The highest BCUT2D eigenvalue weighted by molar-refractivity contribution is 9.10.